The number of carbonyl (C=O) groups excluding carboxylic acids is 2. The van der Waals surface area contributed by atoms with E-state index in [0.29, 0.717) is 26.3 Å². The van der Waals surface area contributed by atoms with E-state index in [1.54, 1.807) is 4.90 Å². The van der Waals surface area contributed by atoms with Crippen LogP contribution in [0.5, 0.6) is 0 Å². The molecule has 8 heteroatoms. The fourth-order valence-corrected chi connectivity index (χ4v) is 1.60. The van der Waals surface area contributed by atoms with E-state index < -0.39 is 12.0 Å². The summed E-state index contributed by atoms with van der Waals surface area (Å²) < 4.78 is 5.13. The number of morpholine rings is 1. The van der Waals surface area contributed by atoms with Gasteiger partial charge in [-0.25, -0.2) is 4.79 Å². The summed E-state index contributed by atoms with van der Waals surface area (Å²) >= 11 is 0. The number of nitrogens with one attached hydrogen (secondary N) is 2. The largest absolute Gasteiger partial charge is 0.481 e. The van der Waals surface area contributed by atoms with Crippen LogP contribution in [0.2, 0.25) is 0 Å². The molecule has 1 aliphatic rings. The van der Waals surface area contributed by atoms with E-state index in [4.69, 9.17) is 9.84 Å². The predicted octanol–water partition coefficient (Wildman–Crippen LogP) is -0.991. The lowest BCUT2D eigenvalue weighted by Gasteiger charge is -2.26. The van der Waals surface area contributed by atoms with Gasteiger partial charge in [0.1, 0.15) is 0 Å². The molecule has 0 aromatic heterocycles. The molecule has 3 amide bonds. The van der Waals surface area contributed by atoms with Crippen molar-refractivity contribution in [3.8, 4) is 0 Å². The molecule has 108 valence electrons. The molecule has 0 atom stereocenters. The Morgan fingerprint density at radius 1 is 1.05 bits per heavy atom. The van der Waals surface area contributed by atoms with Crippen LogP contribution in [0.1, 0.15) is 12.8 Å². The minimum absolute atomic E-state index is 0.0193. The number of urea groups is 1. The second kappa shape index (κ2) is 8.30. The molecule has 1 saturated heterocycles. The normalized spacial score (nSPS) is 14.8. The number of aliphatic carboxylic acids is 1. The predicted molar refractivity (Wildman–Crippen MR) is 65.7 cm³/mol. The first-order valence-electron chi connectivity index (χ1n) is 6.18. The van der Waals surface area contributed by atoms with E-state index in [1.165, 1.54) is 0 Å². The van der Waals surface area contributed by atoms with Gasteiger partial charge in [-0.2, -0.15) is 0 Å². The van der Waals surface area contributed by atoms with E-state index in [9.17, 15) is 14.4 Å². The molecule has 1 aliphatic heterocycles. The fourth-order valence-electron chi connectivity index (χ4n) is 1.60. The highest BCUT2D eigenvalue weighted by Gasteiger charge is 2.16. The highest BCUT2D eigenvalue weighted by atomic mass is 16.5. The van der Waals surface area contributed by atoms with E-state index >= 15 is 0 Å². The molecular formula is C11H19N3O5. The van der Waals surface area contributed by atoms with Crippen molar-refractivity contribution in [2.75, 3.05) is 39.4 Å². The molecule has 1 rings (SSSR count). The first-order chi connectivity index (χ1) is 9.09. The van der Waals surface area contributed by atoms with Crippen LogP contribution in [0.4, 0.5) is 4.79 Å². The maximum atomic E-state index is 11.7. The molecule has 0 spiro atoms. The smallest absolute Gasteiger partial charge is 0.314 e. The molecule has 0 aromatic carbocycles. The van der Waals surface area contributed by atoms with Gasteiger partial charge >= 0.3 is 12.0 Å². The Kier molecular flexibility index (Phi) is 6.65. The van der Waals surface area contributed by atoms with Crippen LogP contribution in [0, 0.1) is 0 Å². The Bertz CT molecular complexity index is 328. The molecule has 3 N–H and O–H groups in total. The van der Waals surface area contributed by atoms with Gasteiger partial charge in [0.05, 0.1) is 19.6 Å². The average Bonchev–Trinajstić information content (AvgIpc) is 2.39. The van der Waals surface area contributed by atoms with Crippen molar-refractivity contribution in [3.63, 3.8) is 0 Å². The van der Waals surface area contributed by atoms with Gasteiger partial charge in [0.2, 0.25) is 5.91 Å². The molecule has 8 nitrogen and oxygen atoms in total. The third-order valence-electron chi connectivity index (χ3n) is 2.61. The van der Waals surface area contributed by atoms with Crippen molar-refractivity contribution in [1.82, 2.24) is 15.5 Å². The van der Waals surface area contributed by atoms with Gasteiger partial charge in [-0.15, -0.1) is 0 Å². The topological polar surface area (TPSA) is 108 Å². The van der Waals surface area contributed by atoms with Crippen molar-refractivity contribution in [3.05, 3.63) is 0 Å². The number of nitrogens with zero attached hydrogens (tertiary/aromatic N) is 1. The zero-order valence-corrected chi connectivity index (χ0v) is 10.7. The summed E-state index contributed by atoms with van der Waals surface area (Å²) in [7, 11) is 0. The Labute approximate surface area is 111 Å². The number of hydrogen-bond acceptors (Lipinski definition) is 4. The Morgan fingerprint density at radius 3 is 2.21 bits per heavy atom. The Balaban J connectivity index is 2.06. The summed E-state index contributed by atoms with van der Waals surface area (Å²) in [5.74, 6) is -0.989. The van der Waals surface area contributed by atoms with E-state index in [1.807, 2.05) is 0 Å². The van der Waals surface area contributed by atoms with Gasteiger partial charge < -0.3 is 25.4 Å². The van der Waals surface area contributed by atoms with Crippen molar-refractivity contribution in [2.45, 2.75) is 12.8 Å². The van der Waals surface area contributed by atoms with Gasteiger partial charge in [0.15, 0.2) is 0 Å². The molecule has 0 radical (unpaired) electrons. The second-order valence-corrected chi connectivity index (χ2v) is 4.07. The summed E-state index contributed by atoms with van der Waals surface area (Å²) in [5, 5.41) is 13.3. The van der Waals surface area contributed by atoms with Crippen LogP contribution in [-0.4, -0.2) is 67.3 Å². The summed E-state index contributed by atoms with van der Waals surface area (Å²) in [4.78, 5) is 34.9. The number of carboxylic acids is 1. The minimum Gasteiger partial charge on any atom is -0.481 e. The quantitative estimate of drug-likeness (QED) is 0.576. The summed E-state index contributed by atoms with van der Waals surface area (Å²) in [6.07, 6.45) is 0.104. The van der Waals surface area contributed by atoms with Crippen LogP contribution >= 0.6 is 0 Å². The van der Waals surface area contributed by atoms with Crippen molar-refractivity contribution < 1.29 is 24.2 Å². The van der Waals surface area contributed by atoms with Crippen LogP contribution < -0.4 is 10.6 Å². The molecule has 0 aromatic rings. The third-order valence-corrected chi connectivity index (χ3v) is 2.61. The molecule has 1 fully saturated rings. The highest BCUT2D eigenvalue weighted by Crippen LogP contribution is 1.99. The summed E-state index contributed by atoms with van der Waals surface area (Å²) in [5.41, 5.74) is 0. The van der Waals surface area contributed by atoms with Crippen LogP contribution in [0.3, 0.4) is 0 Å². The number of ether oxygens (including phenoxy) is 1. The molecule has 0 bridgehead atoms. The molecular weight excluding hydrogens is 254 g/mol. The Hall–Kier alpha value is -1.83. The van der Waals surface area contributed by atoms with E-state index in [-0.39, 0.29) is 31.8 Å². The molecule has 0 unspecified atom stereocenters. The average molecular weight is 273 g/mol. The van der Waals surface area contributed by atoms with Gasteiger partial charge in [-0.05, 0) is 0 Å². The van der Waals surface area contributed by atoms with Crippen LogP contribution in [-0.2, 0) is 14.3 Å². The number of rotatable bonds is 6. The summed E-state index contributed by atoms with van der Waals surface area (Å²) in [6.45, 7) is 2.57. The number of amides is 3. The maximum Gasteiger partial charge on any atom is 0.314 e. The first kappa shape index (κ1) is 15.2. The number of carbonyl (C=O) groups is 3. The van der Waals surface area contributed by atoms with Crippen LogP contribution in [0.15, 0.2) is 0 Å². The van der Waals surface area contributed by atoms with Gasteiger partial charge in [0.25, 0.3) is 0 Å². The summed E-state index contributed by atoms with van der Waals surface area (Å²) in [6, 6.07) is -0.462. The molecule has 1 heterocycles. The second-order valence-electron chi connectivity index (χ2n) is 4.07. The number of carboxylic acid groups (broad SMARTS) is 1. The fraction of sp³-hybridized carbons (Fsp3) is 0.727. The lowest BCUT2D eigenvalue weighted by atomic mass is 10.3. The van der Waals surface area contributed by atoms with Gasteiger partial charge in [-0.3, -0.25) is 9.59 Å². The monoisotopic (exact) mass is 273 g/mol. The lowest BCUT2D eigenvalue weighted by Crippen LogP contribution is -2.43. The van der Waals surface area contributed by atoms with Crippen molar-refractivity contribution in [2.24, 2.45) is 0 Å². The van der Waals surface area contributed by atoms with E-state index in [0.717, 1.165) is 0 Å². The lowest BCUT2D eigenvalue weighted by molar-refractivity contribution is -0.137. The molecule has 19 heavy (non-hydrogen) atoms. The third kappa shape index (κ3) is 6.61. The Morgan fingerprint density at radius 2 is 1.63 bits per heavy atom. The zero-order valence-electron chi connectivity index (χ0n) is 10.7. The van der Waals surface area contributed by atoms with E-state index in [2.05, 4.69) is 10.6 Å². The number of hydrogen-bond donors (Lipinski definition) is 3. The van der Waals surface area contributed by atoms with Crippen molar-refractivity contribution in [1.29, 1.82) is 0 Å². The zero-order chi connectivity index (χ0) is 14.1. The minimum atomic E-state index is -0.970. The maximum absolute atomic E-state index is 11.7. The van der Waals surface area contributed by atoms with Crippen LogP contribution in [0.25, 0.3) is 0 Å². The SMILES string of the molecule is O=C(O)CCNC(=O)NCCC(=O)N1CCOCC1. The van der Waals surface area contributed by atoms with Gasteiger partial charge in [0, 0.05) is 32.6 Å². The standard InChI is InChI=1S/C11H19N3O5/c15-9(14-5-7-19-8-6-14)1-3-12-11(18)13-4-2-10(16)17/h1-8H2,(H,16,17)(H2,12,13,18). The molecule has 0 aliphatic carbocycles. The molecule has 0 saturated carbocycles. The highest BCUT2D eigenvalue weighted by molar-refractivity contribution is 5.78. The first-order valence-corrected chi connectivity index (χ1v) is 6.18. The van der Waals surface area contributed by atoms with Crippen molar-refractivity contribution >= 4 is 17.9 Å². The van der Waals surface area contributed by atoms with Gasteiger partial charge in [-0.1, -0.05) is 0 Å².